The first-order valence-electron chi connectivity index (χ1n) is 42.7. The molecule has 3 unspecified atom stereocenters. The number of aliphatic hydroxyl groups excluding tert-OH is 1. The summed E-state index contributed by atoms with van der Waals surface area (Å²) >= 11 is 0. The van der Waals surface area contributed by atoms with Crippen LogP contribution in [0.4, 0.5) is 0 Å². The van der Waals surface area contributed by atoms with Crippen LogP contribution < -0.4 is 0 Å². The fourth-order valence-electron chi connectivity index (χ4n) is 12.8. The third kappa shape index (κ3) is 74.9. The average molecular weight is 1490 g/mol. The van der Waals surface area contributed by atoms with E-state index in [1.54, 1.807) is 0 Å². The van der Waals surface area contributed by atoms with Crippen molar-refractivity contribution in [2.24, 2.45) is 23.7 Å². The zero-order valence-corrected chi connectivity index (χ0v) is 69.0. The molecule has 0 aromatic carbocycles. The third-order valence-corrected chi connectivity index (χ3v) is 21.6. The maximum absolute atomic E-state index is 13.1. The van der Waals surface area contributed by atoms with Crippen molar-refractivity contribution in [3.8, 4) is 0 Å². The van der Waals surface area contributed by atoms with Crippen LogP contribution in [0.5, 0.6) is 0 Å². The quantitative estimate of drug-likeness (QED) is 0.0222. The zero-order chi connectivity index (χ0) is 75.3. The minimum Gasteiger partial charge on any atom is -0.462 e. The third-order valence-electron chi connectivity index (χ3n) is 19.7. The number of phosphoric ester groups is 2. The smallest absolute Gasteiger partial charge is 0.462 e. The van der Waals surface area contributed by atoms with Crippen LogP contribution >= 0.6 is 15.6 Å². The molecule has 0 aromatic rings. The van der Waals surface area contributed by atoms with E-state index >= 15 is 0 Å². The van der Waals surface area contributed by atoms with E-state index < -0.39 is 97.5 Å². The predicted octanol–water partition coefficient (Wildman–Crippen LogP) is 24.8. The molecule has 0 heterocycles. The molecule has 19 heteroatoms. The molecule has 0 rings (SSSR count). The molecule has 0 aliphatic heterocycles. The number of ether oxygens (including phenoxy) is 4. The molecule has 0 aromatic heterocycles. The second-order valence-corrected chi connectivity index (χ2v) is 34.4. The number of carbonyl (C=O) groups is 4. The highest BCUT2D eigenvalue weighted by Crippen LogP contribution is 2.45. The molecule has 3 N–H and O–H groups in total. The molecule has 606 valence electrons. The van der Waals surface area contributed by atoms with Crippen LogP contribution in [0.1, 0.15) is 428 Å². The first-order valence-corrected chi connectivity index (χ1v) is 45.7. The number of esters is 4. The lowest BCUT2D eigenvalue weighted by atomic mass is 10.00. The van der Waals surface area contributed by atoms with E-state index in [1.807, 2.05) is 0 Å². The van der Waals surface area contributed by atoms with Crippen molar-refractivity contribution in [2.45, 2.75) is 446 Å². The Labute approximate surface area is 626 Å². The van der Waals surface area contributed by atoms with Crippen LogP contribution in [0.25, 0.3) is 0 Å². The number of unbranched alkanes of at least 4 members (excludes halogenated alkanes) is 45. The number of carbonyl (C=O) groups excluding carboxylic acids is 4. The number of hydrogen-bond donors (Lipinski definition) is 3. The van der Waals surface area contributed by atoms with E-state index in [4.69, 9.17) is 37.0 Å². The number of phosphoric acid groups is 2. The Balaban J connectivity index is 5.23. The highest BCUT2D eigenvalue weighted by molar-refractivity contribution is 7.47. The van der Waals surface area contributed by atoms with E-state index in [-0.39, 0.29) is 25.7 Å². The first kappa shape index (κ1) is 100. The Morgan fingerprint density at radius 1 is 0.275 bits per heavy atom. The molecule has 102 heavy (non-hydrogen) atoms. The van der Waals surface area contributed by atoms with Gasteiger partial charge in [-0.3, -0.25) is 37.3 Å². The molecule has 0 radical (unpaired) electrons. The highest BCUT2D eigenvalue weighted by Gasteiger charge is 2.30. The molecule has 0 fully saturated rings. The lowest BCUT2D eigenvalue weighted by Crippen LogP contribution is -2.30. The van der Waals surface area contributed by atoms with Crippen molar-refractivity contribution in [3.63, 3.8) is 0 Å². The molecule has 0 saturated heterocycles. The zero-order valence-electron chi connectivity index (χ0n) is 67.2. The molecular formula is C83H162O17P2. The number of hydrogen-bond acceptors (Lipinski definition) is 15. The summed E-state index contributed by atoms with van der Waals surface area (Å²) in [5.74, 6) is 1.01. The summed E-state index contributed by atoms with van der Waals surface area (Å²) in [6.07, 6.45) is 59.7. The van der Waals surface area contributed by atoms with Gasteiger partial charge >= 0.3 is 39.5 Å². The van der Waals surface area contributed by atoms with Gasteiger partial charge in [0.1, 0.15) is 19.3 Å². The van der Waals surface area contributed by atoms with E-state index in [0.29, 0.717) is 25.7 Å². The van der Waals surface area contributed by atoms with Crippen molar-refractivity contribution in [3.05, 3.63) is 0 Å². The van der Waals surface area contributed by atoms with Crippen molar-refractivity contribution >= 4 is 39.5 Å². The second-order valence-electron chi connectivity index (χ2n) is 31.5. The molecular weight excluding hydrogens is 1330 g/mol. The second kappa shape index (κ2) is 72.0. The molecule has 0 saturated carbocycles. The number of aliphatic hydroxyl groups is 1. The normalized spacial score (nSPS) is 14.3. The fourth-order valence-corrected chi connectivity index (χ4v) is 14.3. The van der Waals surface area contributed by atoms with Gasteiger partial charge in [0.25, 0.3) is 0 Å². The van der Waals surface area contributed by atoms with E-state index in [0.717, 1.165) is 120 Å². The van der Waals surface area contributed by atoms with Crippen LogP contribution in [-0.2, 0) is 65.4 Å². The minimum atomic E-state index is -4.96. The summed E-state index contributed by atoms with van der Waals surface area (Å²) in [6.45, 7) is 14.3. The van der Waals surface area contributed by atoms with E-state index in [2.05, 4.69) is 55.4 Å². The largest absolute Gasteiger partial charge is 0.472 e. The Morgan fingerprint density at radius 3 is 0.696 bits per heavy atom. The summed E-state index contributed by atoms with van der Waals surface area (Å²) in [7, 11) is -9.93. The molecule has 6 atom stereocenters. The van der Waals surface area contributed by atoms with Gasteiger partial charge in [-0.25, -0.2) is 9.13 Å². The Morgan fingerprint density at radius 2 is 0.471 bits per heavy atom. The maximum atomic E-state index is 13.1. The lowest BCUT2D eigenvalue weighted by molar-refractivity contribution is -0.161. The van der Waals surface area contributed by atoms with Crippen molar-refractivity contribution in [2.75, 3.05) is 39.6 Å². The van der Waals surface area contributed by atoms with Crippen LogP contribution in [0.3, 0.4) is 0 Å². The first-order chi connectivity index (χ1) is 49.1. The summed E-state index contributed by atoms with van der Waals surface area (Å²) in [6, 6.07) is 0. The van der Waals surface area contributed by atoms with Gasteiger partial charge in [0.15, 0.2) is 12.2 Å². The molecule has 0 aliphatic carbocycles. The average Bonchev–Trinajstić information content (AvgIpc) is 0.923. The topological polar surface area (TPSA) is 237 Å². The molecule has 17 nitrogen and oxygen atoms in total. The van der Waals surface area contributed by atoms with E-state index in [1.165, 1.54) is 225 Å². The van der Waals surface area contributed by atoms with Gasteiger partial charge in [0, 0.05) is 25.7 Å². The Bertz CT molecular complexity index is 1990. The van der Waals surface area contributed by atoms with Crippen LogP contribution in [0, 0.1) is 23.7 Å². The van der Waals surface area contributed by atoms with Gasteiger partial charge < -0.3 is 33.8 Å². The molecule has 0 amide bonds. The highest BCUT2D eigenvalue weighted by atomic mass is 31.2. The van der Waals surface area contributed by atoms with Gasteiger partial charge in [-0.2, -0.15) is 0 Å². The molecule has 0 bridgehead atoms. The summed E-state index contributed by atoms with van der Waals surface area (Å²) in [5.41, 5.74) is 0. The Kier molecular flexibility index (Phi) is 70.6. The van der Waals surface area contributed by atoms with Gasteiger partial charge in [-0.1, -0.05) is 376 Å². The lowest BCUT2D eigenvalue weighted by Gasteiger charge is -2.21. The Hall–Kier alpha value is -1.94. The van der Waals surface area contributed by atoms with Crippen LogP contribution in [0.15, 0.2) is 0 Å². The van der Waals surface area contributed by atoms with Gasteiger partial charge in [-0.15, -0.1) is 0 Å². The van der Waals surface area contributed by atoms with Crippen LogP contribution in [0.2, 0.25) is 0 Å². The van der Waals surface area contributed by atoms with E-state index in [9.17, 15) is 43.2 Å². The van der Waals surface area contributed by atoms with Gasteiger partial charge in [-0.05, 0) is 49.4 Å². The van der Waals surface area contributed by atoms with Crippen LogP contribution in [-0.4, -0.2) is 96.7 Å². The van der Waals surface area contributed by atoms with Crippen molar-refractivity contribution < 1.29 is 80.2 Å². The minimum absolute atomic E-state index is 0.107. The molecule has 0 spiro atoms. The van der Waals surface area contributed by atoms with Gasteiger partial charge in [0.05, 0.1) is 26.4 Å². The maximum Gasteiger partial charge on any atom is 0.472 e. The van der Waals surface area contributed by atoms with Crippen molar-refractivity contribution in [1.29, 1.82) is 0 Å². The summed E-state index contributed by atoms with van der Waals surface area (Å²) < 4.78 is 68.8. The standard InChI is InChI=1S/C83H162O17P2/c1-9-76(8)62-54-46-41-42-48-56-64-81(86)94-70-79(100-83(88)66-58-50-40-34-27-21-17-13-11-15-19-24-30-36-44-52-60-74(4)5)72-98-102(91,92)96-68-77(84)67-95-101(89,90)97-71-78(69-93-80(85)63-55-47-38-32-28-22-25-31-37-45-53-61-75(6)7)99-82(87)65-57-49-39-33-26-20-16-12-10-14-18-23-29-35-43-51-59-73(2)3/h73-79,84H,9-72H2,1-8H3,(H,89,90)(H,91,92)/t76?,77-,78-,79-/m1/s1. The fraction of sp³-hybridized carbons (Fsp3) is 0.952. The van der Waals surface area contributed by atoms with Gasteiger partial charge in [0.2, 0.25) is 0 Å². The SMILES string of the molecule is CCC(C)CCCCCCCCC(=O)OC[C@H](COP(=O)(O)OC[C@H](O)COP(=O)(O)OC[C@@H](COC(=O)CCCCCCCCCCCCCC(C)C)OC(=O)CCCCCCCCCCCCCCCCCCC(C)C)OC(=O)CCCCCCCCCCCCCCCCCCC(C)C. The summed E-state index contributed by atoms with van der Waals surface area (Å²) in [4.78, 5) is 73.1. The van der Waals surface area contributed by atoms with Crippen molar-refractivity contribution in [1.82, 2.24) is 0 Å². The summed E-state index contributed by atoms with van der Waals surface area (Å²) in [5, 5.41) is 10.7. The number of rotatable bonds is 80. The molecule has 0 aliphatic rings. The predicted molar refractivity (Wildman–Crippen MR) is 418 cm³/mol. The monoisotopic (exact) mass is 1490 g/mol.